The average molecular weight is 352 g/mol. The monoisotopic (exact) mass is 350 g/mol. The molecule has 2 heterocycles. The van der Waals surface area contributed by atoms with E-state index in [1.807, 2.05) is 0 Å². The van der Waals surface area contributed by atoms with Crippen molar-refractivity contribution in [3.63, 3.8) is 0 Å². The second-order valence-electron chi connectivity index (χ2n) is 4.32. The number of anilines is 1. The standard InChI is InChI=1S/C14H8BrClN2O2/c15-11-3-1-2-10-12(11)18(14(20)13(10)19)7-9-6-8(16)4-5-17-9/h1-6H,7H2. The van der Waals surface area contributed by atoms with Crippen LogP contribution in [0.15, 0.2) is 41.0 Å². The van der Waals surface area contributed by atoms with Crippen molar-refractivity contribution in [3.8, 4) is 0 Å². The highest BCUT2D eigenvalue weighted by atomic mass is 79.9. The second kappa shape index (κ2) is 5.00. The number of nitrogens with zero attached hydrogens (tertiary/aromatic N) is 2. The fourth-order valence-electron chi connectivity index (χ4n) is 2.16. The maximum atomic E-state index is 12.1. The number of para-hydroxylation sites is 1. The maximum Gasteiger partial charge on any atom is 0.299 e. The first-order valence-electron chi connectivity index (χ1n) is 5.83. The van der Waals surface area contributed by atoms with Crippen LogP contribution in [0.3, 0.4) is 0 Å². The molecular formula is C14H8BrClN2O2. The van der Waals surface area contributed by atoms with Crippen LogP contribution in [0.1, 0.15) is 16.1 Å². The van der Waals surface area contributed by atoms with Crippen molar-refractivity contribution in [2.75, 3.05) is 4.90 Å². The van der Waals surface area contributed by atoms with E-state index >= 15 is 0 Å². The lowest BCUT2D eigenvalue weighted by Crippen LogP contribution is -2.29. The minimum absolute atomic E-state index is 0.209. The Morgan fingerprint density at radius 3 is 2.80 bits per heavy atom. The average Bonchev–Trinajstić information content (AvgIpc) is 2.66. The summed E-state index contributed by atoms with van der Waals surface area (Å²) in [4.78, 5) is 29.6. The first kappa shape index (κ1) is 13.3. The summed E-state index contributed by atoms with van der Waals surface area (Å²) in [5.41, 5.74) is 1.62. The van der Waals surface area contributed by atoms with Crippen molar-refractivity contribution in [2.24, 2.45) is 0 Å². The molecule has 0 radical (unpaired) electrons. The second-order valence-corrected chi connectivity index (χ2v) is 5.61. The van der Waals surface area contributed by atoms with E-state index in [9.17, 15) is 9.59 Å². The number of carbonyl (C=O) groups is 2. The van der Waals surface area contributed by atoms with Gasteiger partial charge < -0.3 is 0 Å². The van der Waals surface area contributed by atoms with Crippen LogP contribution in [-0.4, -0.2) is 16.7 Å². The number of hydrogen-bond donors (Lipinski definition) is 0. The van der Waals surface area contributed by atoms with Gasteiger partial charge >= 0.3 is 0 Å². The molecule has 0 bridgehead atoms. The predicted molar refractivity (Wildman–Crippen MR) is 78.9 cm³/mol. The van der Waals surface area contributed by atoms with E-state index in [2.05, 4.69) is 20.9 Å². The number of hydrogen-bond acceptors (Lipinski definition) is 3. The van der Waals surface area contributed by atoms with E-state index in [1.54, 1.807) is 36.5 Å². The molecule has 0 atom stereocenters. The Kier molecular flexibility index (Phi) is 3.31. The smallest absolute Gasteiger partial charge is 0.298 e. The summed E-state index contributed by atoms with van der Waals surface area (Å²) in [6.07, 6.45) is 1.57. The molecule has 1 aromatic carbocycles. The third-order valence-corrected chi connectivity index (χ3v) is 3.91. The molecule has 1 aliphatic rings. The van der Waals surface area contributed by atoms with Gasteiger partial charge in [-0.05, 0) is 40.2 Å². The number of Topliss-reactive ketones (excluding diaryl/α,β-unsaturated/α-hetero) is 1. The summed E-state index contributed by atoms with van der Waals surface area (Å²) in [7, 11) is 0. The molecule has 0 saturated carbocycles. The summed E-state index contributed by atoms with van der Waals surface area (Å²) >= 11 is 9.29. The van der Waals surface area contributed by atoms with Crippen molar-refractivity contribution in [3.05, 3.63) is 57.3 Å². The van der Waals surface area contributed by atoms with Crippen LogP contribution in [0.4, 0.5) is 5.69 Å². The maximum absolute atomic E-state index is 12.1. The van der Waals surface area contributed by atoms with Crippen LogP contribution in [0, 0.1) is 0 Å². The fourth-order valence-corrected chi connectivity index (χ4v) is 2.92. The SMILES string of the molecule is O=C1C(=O)N(Cc2cc(Cl)ccn2)c2c(Br)cccc21. The van der Waals surface area contributed by atoms with Crippen molar-refractivity contribution in [2.45, 2.75) is 6.54 Å². The molecule has 2 aromatic rings. The number of ketones is 1. The third-order valence-electron chi connectivity index (χ3n) is 3.04. The summed E-state index contributed by atoms with van der Waals surface area (Å²) in [6, 6.07) is 8.50. The Morgan fingerprint density at radius 2 is 2.05 bits per heavy atom. The Balaban J connectivity index is 2.03. The number of carbonyl (C=O) groups excluding carboxylic acids is 2. The number of amides is 1. The van der Waals surface area contributed by atoms with Crippen LogP contribution in [0.5, 0.6) is 0 Å². The van der Waals surface area contributed by atoms with Crippen LogP contribution in [0.2, 0.25) is 5.02 Å². The first-order valence-corrected chi connectivity index (χ1v) is 7.00. The van der Waals surface area contributed by atoms with Crippen molar-refractivity contribution in [1.29, 1.82) is 0 Å². The van der Waals surface area contributed by atoms with Crippen LogP contribution in [-0.2, 0) is 11.3 Å². The topological polar surface area (TPSA) is 50.3 Å². The summed E-state index contributed by atoms with van der Waals surface area (Å²) < 4.78 is 0.705. The zero-order chi connectivity index (χ0) is 14.3. The highest BCUT2D eigenvalue weighted by Crippen LogP contribution is 2.36. The molecule has 4 nitrogen and oxygen atoms in total. The van der Waals surface area contributed by atoms with E-state index in [-0.39, 0.29) is 6.54 Å². The largest absolute Gasteiger partial charge is 0.299 e. The molecule has 0 saturated heterocycles. The lowest BCUT2D eigenvalue weighted by molar-refractivity contribution is -0.114. The number of fused-ring (bicyclic) bond motifs is 1. The molecule has 6 heteroatoms. The van der Waals surface area contributed by atoms with E-state index in [1.165, 1.54) is 4.90 Å². The Labute approximate surface area is 128 Å². The van der Waals surface area contributed by atoms with Gasteiger partial charge in [0, 0.05) is 15.7 Å². The molecule has 20 heavy (non-hydrogen) atoms. The van der Waals surface area contributed by atoms with Gasteiger partial charge in [-0.3, -0.25) is 19.5 Å². The number of rotatable bonds is 2. The highest BCUT2D eigenvalue weighted by molar-refractivity contribution is 9.10. The normalized spacial score (nSPS) is 13.8. The quantitative estimate of drug-likeness (QED) is 0.781. The molecule has 0 unspecified atom stereocenters. The van der Waals surface area contributed by atoms with Gasteiger partial charge in [0.1, 0.15) is 0 Å². The van der Waals surface area contributed by atoms with E-state index in [0.717, 1.165) is 0 Å². The molecule has 0 fully saturated rings. The zero-order valence-corrected chi connectivity index (χ0v) is 12.5. The molecule has 3 rings (SSSR count). The number of pyridine rings is 1. The van der Waals surface area contributed by atoms with Gasteiger partial charge in [-0.2, -0.15) is 0 Å². The van der Waals surface area contributed by atoms with Gasteiger partial charge in [-0.15, -0.1) is 0 Å². The third kappa shape index (κ3) is 2.13. The fraction of sp³-hybridized carbons (Fsp3) is 0.0714. The zero-order valence-electron chi connectivity index (χ0n) is 10.1. The molecule has 0 N–H and O–H groups in total. The molecule has 1 aromatic heterocycles. The Bertz CT molecular complexity index is 733. The van der Waals surface area contributed by atoms with Crippen LogP contribution in [0.25, 0.3) is 0 Å². The predicted octanol–water partition coefficient (Wildman–Crippen LogP) is 3.23. The Morgan fingerprint density at radius 1 is 1.25 bits per heavy atom. The minimum atomic E-state index is -0.548. The van der Waals surface area contributed by atoms with Gasteiger partial charge in [0.25, 0.3) is 11.7 Å². The van der Waals surface area contributed by atoms with Crippen LogP contribution >= 0.6 is 27.5 Å². The van der Waals surface area contributed by atoms with Gasteiger partial charge in [0.2, 0.25) is 0 Å². The van der Waals surface area contributed by atoms with E-state index in [0.29, 0.717) is 26.4 Å². The lowest BCUT2D eigenvalue weighted by atomic mass is 10.1. The lowest BCUT2D eigenvalue weighted by Gasteiger charge is -2.17. The van der Waals surface area contributed by atoms with Gasteiger partial charge in [0.15, 0.2) is 0 Å². The first-order chi connectivity index (χ1) is 9.58. The van der Waals surface area contributed by atoms with Gasteiger partial charge in [-0.1, -0.05) is 17.7 Å². The molecule has 0 aliphatic carbocycles. The van der Waals surface area contributed by atoms with Crippen LogP contribution < -0.4 is 4.90 Å². The van der Waals surface area contributed by atoms with Gasteiger partial charge in [-0.25, -0.2) is 0 Å². The molecule has 1 amide bonds. The highest BCUT2D eigenvalue weighted by Gasteiger charge is 2.37. The van der Waals surface area contributed by atoms with E-state index in [4.69, 9.17) is 11.6 Å². The van der Waals surface area contributed by atoms with E-state index < -0.39 is 11.7 Å². The van der Waals surface area contributed by atoms with Gasteiger partial charge in [0.05, 0.1) is 23.5 Å². The summed E-state index contributed by atoms with van der Waals surface area (Å²) in [6.45, 7) is 0.209. The van der Waals surface area contributed by atoms with Crippen molar-refractivity contribution < 1.29 is 9.59 Å². The summed E-state index contributed by atoms with van der Waals surface area (Å²) in [5, 5.41) is 0.542. The number of benzene rings is 1. The summed E-state index contributed by atoms with van der Waals surface area (Å²) in [5.74, 6) is -1.04. The number of aromatic nitrogens is 1. The molecule has 100 valence electrons. The molecule has 0 spiro atoms. The molecule has 1 aliphatic heterocycles. The molecular weight excluding hydrogens is 344 g/mol. The Hall–Kier alpha value is -1.72. The van der Waals surface area contributed by atoms with Crippen molar-refractivity contribution >= 4 is 44.9 Å². The van der Waals surface area contributed by atoms with Crippen molar-refractivity contribution in [1.82, 2.24) is 4.98 Å². The number of halogens is 2. The minimum Gasteiger partial charge on any atom is -0.298 e.